The lowest BCUT2D eigenvalue weighted by atomic mass is 10.1. The van der Waals surface area contributed by atoms with E-state index in [-0.39, 0.29) is 12.6 Å². The molecule has 3 nitrogen and oxygen atoms in total. The predicted molar refractivity (Wildman–Crippen MR) is 44.7 cm³/mol. The predicted octanol–water partition coefficient (Wildman–Crippen LogP) is 0.759. The molecule has 0 saturated carbocycles. The van der Waals surface area contributed by atoms with Crippen LogP contribution in [0.25, 0.3) is 0 Å². The zero-order valence-corrected chi connectivity index (χ0v) is 7.90. The molecule has 1 aliphatic heterocycles. The monoisotopic (exact) mass is 210 g/mol. The van der Waals surface area contributed by atoms with Crippen LogP contribution in [0.1, 0.15) is 13.3 Å². The fourth-order valence-corrected chi connectivity index (χ4v) is 1.35. The number of halogens is 3. The SMILES string of the molecule is CCCN(C(=O)C(F)(F)F)C1CNC1. The topological polar surface area (TPSA) is 32.3 Å². The molecule has 1 heterocycles. The Morgan fingerprint density at radius 3 is 2.36 bits per heavy atom. The summed E-state index contributed by atoms with van der Waals surface area (Å²) >= 11 is 0. The van der Waals surface area contributed by atoms with Crippen molar-refractivity contribution in [2.24, 2.45) is 0 Å². The third-order valence-corrected chi connectivity index (χ3v) is 2.17. The van der Waals surface area contributed by atoms with Crippen molar-refractivity contribution >= 4 is 5.91 Å². The largest absolute Gasteiger partial charge is 0.471 e. The Labute approximate surface area is 80.3 Å². The first kappa shape index (κ1) is 11.3. The van der Waals surface area contributed by atoms with Gasteiger partial charge in [0.2, 0.25) is 0 Å². The highest BCUT2D eigenvalue weighted by Gasteiger charge is 2.45. The van der Waals surface area contributed by atoms with Crippen LogP contribution in [-0.4, -0.2) is 42.7 Å². The molecule has 0 unspecified atom stereocenters. The standard InChI is InChI=1S/C8H13F3N2O/c1-2-3-13(6-4-12-5-6)7(14)8(9,10)11/h6,12H,2-5H2,1H3. The molecule has 0 spiro atoms. The third-order valence-electron chi connectivity index (χ3n) is 2.17. The van der Waals surface area contributed by atoms with Gasteiger partial charge in [0.25, 0.3) is 0 Å². The summed E-state index contributed by atoms with van der Waals surface area (Å²) in [4.78, 5) is 11.9. The van der Waals surface area contributed by atoms with Gasteiger partial charge in [0.15, 0.2) is 0 Å². The minimum absolute atomic E-state index is 0.171. The summed E-state index contributed by atoms with van der Waals surface area (Å²) in [6.45, 7) is 2.84. The Balaban J connectivity index is 2.61. The number of amides is 1. The van der Waals surface area contributed by atoms with Crippen molar-refractivity contribution in [1.82, 2.24) is 10.2 Å². The second kappa shape index (κ2) is 4.16. The van der Waals surface area contributed by atoms with Crippen molar-refractivity contribution in [3.05, 3.63) is 0 Å². The van der Waals surface area contributed by atoms with Gasteiger partial charge in [0.1, 0.15) is 0 Å². The van der Waals surface area contributed by atoms with Gasteiger partial charge in [-0.05, 0) is 6.42 Å². The number of rotatable bonds is 3. The van der Waals surface area contributed by atoms with Crippen molar-refractivity contribution in [1.29, 1.82) is 0 Å². The molecule has 0 aliphatic carbocycles. The second-order valence-corrected chi connectivity index (χ2v) is 3.31. The minimum Gasteiger partial charge on any atom is -0.329 e. The van der Waals surface area contributed by atoms with Gasteiger partial charge in [-0.2, -0.15) is 13.2 Å². The van der Waals surface area contributed by atoms with E-state index in [0.717, 1.165) is 4.90 Å². The first-order chi connectivity index (χ1) is 6.46. The van der Waals surface area contributed by atoms with E-state index in [9.17, 15) is 18.0 Å². The zero-order chi connectivity index (χ0) is 10.8. The summed E-state index contributed by atoms with van der Waals surface area (Å²) < 4.78 is 36.4. The Bertz CT molecular complexity index is 213. The molecule has 0 aromatic carbocycles. The molecule has 0 bridgehead atoms. The van der Waals surface area contributed by atoms with Gasteiger partial charge in [-0.3, -0.25) is 4.79 Å². The van der Waals surface area contributed by atoms with Crippen molar-refractivity contribution < 1.29 is 18.0 Å². The van der Waals surface area contributed by atoms with Crippen LogP contribution in [0.15, 0.2) is 0 Å². The van der Waals surface area contributed by atoms with Crippen LogP contribution < -0.4 is 5.32 Å². The number of nitrogens with zero attached hydrogens (tertiary/aromatic N) is 1. The highest BCUT2D eigenvalue weighted by atomic mass is 19.4. The lowest BCUT2D eigenvalue weighted by molar-refractivity contribution is -0.188. The number of carbonyl (C=O) groups excluding carboxylic acids is 1. The lowest BCUT2D eigenvalue weighted by Gasteiger charge is -2.38. The van der Waals surface area contributed by atoms with Gasteiger partial charge < -0.3 is 10.2 Å². The van der Waals surface area contributed by atoms with Crippen LogP contribution >= 0.6 is 0 Å². The van der Waals surface area contributed by atoms with Gasteiger partial charge in [0.05, 0.1) is 6.04 Å². The molecule has 1 saturated heterocycles. The molecule has 14 heavy (non-hydrogen) atoms. The molecule has 1 fully saturated rings. The molecule has 82 valence electrons. The number of nitrogens with one attached hydrogen (secondary N) is 1. The molecule has 0 aromatic heterocycles. The van der Waals surface area contributed by atoms with E-state index < -0.39 is 12.1 Å². The van der Waals surface area contributed by atoms with Gasteiger partial charge >= 0.3 is 12.1 Å². The number of hydrogen-bond donors (Lipinski definition) is 1. The highest BCUT2D eigenvalue weighted by Crippen LogP contribution is 2.21. The minimum atomic E-state index is -4.75. The van der Waals surface area contributed by atoms with Crippen molar-refractivity contribution in [2.45, 2.75) is 25.6 Å². The molecular weight excluding hydrogens is 197 g/mol. The quantitative estimate of drug-likeness (QED) is 0.745. The zero-order valence-electron chi connectivity index (χ0n) is 7.90. The van der Waals surface area contributed by atoms with E-state index in [4.69, 9.17) is 0 Å². The molecule has 0 radical (unpaired) electrons. The fraction of sp³-hybridized carbons (Fsp3) is 0.875. The molecule has 1 aliphatic rings. The van der Waals surface area contributed by atoms with Gasteiger partial charge in [-0.15, -0.1) is 0 Å². The van der Waals surface area contributed by atoms with Crippen molar-refractivity contribution in [3.63, 3.8) is 0 Å². The maximum Gasteiger partial charge on any atom is 0.471 e. The Morgan fingerprint density at radius 1 is 1.50 bits per heavy atom. The molecule has 1 amide bonds. The smallest absolute Gasteiger partial charge is 0.329 e. The van der Waals surface area contributed by atoms with Gasteiger partial charge in [0, 0.05) is 19.6 Å². The van der Waals surface area contributed by atoms with Crippen LogP contribution in [0.2, 0.25) is 0 Å². The molecule has 1 N–H and O–H groups in total. The summed E-state index contributed by atoms with van der Waals surface area (Å²) in [6.07, 6.45) is -4.21. The van der Waals surface area contributed by atoms with E-state index in [2.05, 4.69) is 5.32 Å². The maximum atomic E-state index is 12.1. The van der Waals surface area contributed by atoms with E-state index >= 15 is 0 Å². The first-order valence-corrected chi connectivity index (χ1v) is 4.55. The molecule has 0 atom stereocenters. The molecule has 6 heteroatoms. The fourth-order valence-electron chi connectivity index (χ4n) is 1.35. The molecular formula is C8H13F3N2O. The van der Waals surface area contributed by atoms with Crippen LogP contribution in [-0.2, 0) is 4.79 Å². The normalized spacial score (nSPS) is 17.7. The van der Waals surface area contributed by atoms with Gasteiger partial charge in [-0.25, -0.2) is 0 Å². The molecule has 0 aromatic rings. The first-order valence-electron chi connectivity index (χ1n) is 4.55. The van der Waals surface area contributed by atoms with Crippen LogP contribution in [0.5, 0.6) is 0 Å². The number of hydrogen-bond acceptors (Lipinski definition) is 2. The maximum absolute atomic E-state index is 12.1. The summed E-state index contributed by atoms with van der Waals surface area (Å²) in [5.74, 6) is -1.72. The van der Waals surface area contributed by atoms with Crippen LogP contribution in [0.3, 0.4) is 0 Å². The number of carbonyl (C=O) groups is 1. The highest BCUT2D eigenvalue weighted by molar-refractivity contribution is 5.82. The summed E-state index contributed by atoms with van der Waals surface area (Å²) in [5.41, 5.74) is 0. The summed E-state index contributed by atoms with van der Waals surface area (Å²) in [5, 5.41) is 2.85. The summed E-state index contributed by atoms with van der Waals surface area (Å²) in [6, 6.07) is -0.288. The van der Waals surface area contributed by atoms with Crippen molar-refractivity contribution in [3.8, 4) is 0 Å². The van der Waals surface area contributed by atoms with E-state index in [1.54, 1.807) is 6.92 Å². The van der Waals surface area contributed by atoms with E-state index in [1.165, 1.54) is 0 Å². The lowest BCUT2D eigenvalue weighted by Crippen LogP contribution is -2.61. The Hall–Kier alpha value is -0.780. The van der Waals surface area contributed by atoms with E-state index in [1.807, 2.05) is 0 Å². The third kappa shape index (κ3) is 2.37. The van der Waals surface area contributed by atoms with E-state index in [0.29, 0.717) is 19.5 Å². The molecule has 1 rings (SSSR count). The van der Waals surface area contributed by atoms with Gasteiger partial charge in [-0.1, -0.05) is 6.92 Å². The van der Waals surface area contributed by atoms with Crippen LogP contribution in [0, 0.1) is 0 Å². The Morgan fingerprint density at radius 2 is 2.07 bits per heavy atom. The Kier molecular flexibility index (Phi) is 3.36. The number of alkyl halides is 3. The average molecular weight is 210 g/mol. The second-order valence-electron chi connectivity index (χ2n) is 3.31. The van der Waals surface area contributed by atoms with Crippen LogP contribution in [0.4, 0.5) is 13.2 Å². The summed E-state index contributed by atoms with van der Waals surface area (Å²) in [7, 11) is 0. The van der Waals surface area contributed by atoms with Crippen molar-refractivity contribution in [2.75, 3.05) is 19.6 Å². The average Bonchev–Trinajstić information content (AvgIpc) is 1.97.